The van der Waals surface area contributed by atoms with Crippen LogP contribution in [0.3, 0.4) is 0 Å². The number of hydrogen-bond donors (Lipinski definition) is 1. The number of ether oxygens (including phenoxy) is 1. The number of halogens is 1. The SMILES string of the molecule is N#CCC1(COC(=O)c2cc(Cl)ccc2N)CC1. The van der Waals surface area contributed by atoms with Crippen molar-refractivity contribution in [2.24, 2.45) is 5.41 Å². The molecule has 5 heteroatoms. The van der Waals surface area contributed by atoms with Crippen LogP contribution in [0.5, 0.6) is 0 Å². The summed E-state index contributed by atoms with van der Waals surface area (Å²) in [4.78, 5) is 11.9. The summed E-state index contributed by atoms with van der Waals surface area (Å²) in [6.45, 7) is 0.269. The van der Waals surface area contributed by atoms with Gasteiger partial charge in [0.05, 0.1) is 18.2 Å². The number of nitrogens with two attached hydrogens (primary N) is 1. The zero-order valence-corrected chi connectivity index (χ0v) is 10.5. The Hall–Kier alpha value is -1.73. The van der Waals surface area contributed by atoms with Gasteiger partial charge in [0.2, 0.25) is 0 Å². The standard InChI is InChI=1S/C13H13ClN2O2/c14-9-1-2-11(16)10(7-9)12(17)18-8-13(3-4-13)5-6-15/h1-2,7H,3-5,8,16H2. The topological polar surface area (TPSA) is 76.1 Å². The van der Waals surface area contributed by atoms with Crippen molar-refractivity contribution in [2.75, 3.05) is 12.3 Å². The number of anilines is 1. The Morgan fingerprint density at radius 1 is 1.56 bits per heavy atom. The molecule has 18 heavy (non-hydrogen) atoms. The molecule has 2 N–H and O–H groups in total. The maximum Gasteiger partial charge on any atom is 0.340 e. The van der Waals surface area contributed by atoms with E-state index in [9.17, 15) is 4.79 Å². The first-order valence-electron chi connectivity index (χ1n) is 5.65. The van der Waals surface area contributed by atoms with E-state index in [0.29, 0.717) is 17.1 Å². The molecule has 1 aliphatic rings. The van der Waals surface area contributed by atoms with Crippen molar-refractivity contribution < 1.29 is 9.53 Å². The molecule has 0 amide bonds. The summed E-state index contributed by atoms with van der Waals surface area (Å²) in [5, 5.41) is 9.12. The fourth-order valence-electron chi connectivity index (χ4n) is 1.72. The molecule has 0 heterocycles. The van der Waals surface area contributed by atoms with Crippen LogP contribution in [0, 0.1) is 16.7 Å². The minimum Gasteiger partial charge on any atom is -0.461 e. The van der Waals surface area contributed by atoms with Gasteiger partial charge in [0.25, 0.3) is 0 Å². The number of carbonyl (C=O) groups excluding carboxylic acids is 1. The van der Waals surface area contributed by atoms with E-state index in [0.717, 1.165) is 12.8 Å². The van der Waals surface area contributed by atoms with Crippen LogP contribution in [-0.4, -0.2) is 12.6 Å². The normalized spacial score (nSPS) is 15.8. The van der Waals surface area contributed by atoms with Gasteiger partial charge in [-0.05, 0) is 31.0 Å². The molecule has 1 aliphatic carbocycles. The smallest absolute Gasteiger partial charge is 0.340 e. The summed E-state index contributed by atoms with van der Waals surface area (Å²) >= 11 is 5.81. The Kier molecular flexibility index (Phi) is 3.44. The Bertz CT molecular complexity index is 518. The number of nitrogen functional groups attached to an aromatic ring is 1. The molecular weight excluding hydrogens is 252 g/mol. The second kappa shape index (κ2) is 4.87. The molecule has 0 aromatic heterocycles. The molecule has 0 unspecified atom stereocenters. The minimum absolute atomic E-state index is 0.127. The molecule has 1 aromatic rings. The van der Waals surface area contributed by atoms with Gasteiger partial charge in [-0.3, -0.25) is 0 Å². The summed E-state index contributed by atoms with van der Waals surface area (Å²) in [5.41, 5.74) is 6.18. The number of rotatable bonds is 4. The van der Waals surface area contributed by atoms with Crippen LogP contribution in [0.1, 0.15) is 29.6 Å². The fraction of sp³-hybridized carbons (Fsp3) is 0.385. The third-order valence-corrected chi connectivity index (χ3v) is 3.39. The quantitative estimate of drug-likeness (QED) is 0.670. The van der Waals surface area contributed by atoms with Gasteiger partial charge in [-0.15, -0.1) is 0 Å². The van der Waals surface area contributed by atoms with Gasteiger partial charge in [0.1, 0.15) is 0 Å². The number of nitrogens with zero attached hydrogens (tertiary/aromatic N) is 1. The van der Waals surface area contributed by atoms with E-state index in [-0.39, 0.29) is 17.6 Å². The molecule has 0 radical (unpaired) electrons. The Labute approximate surface area is 110 Å². The van der Waals surface area contributed by atoms with E-state index in [1.807, 2.05) is 0 Å². The molecule has 0 saturated heterocycles. The molecule has 1 saturated carbocycles. The monoisotopic (exact) mass is 264 g/mol. The third kappa shape index (κ3) is 2.74. The lowest BCUT2D eigenvalue weighted by molar-refractivity contribution is 0.0420. The van der Waals surface area contributed by atoms with Gasteiger partial charge in [-0.25, -0.2) is 4.79 Å². The molecule has 1 aromatic carbocycles. The highest BCUT2D eigenvalue weighted by molar-refractivity contribution is 6.31. The summed E-state index contributed by atoms with van der Waals surface area (Å²) in [5.74, 6) is -0.487. The first kappa shape index (κ1) is 12.7. The first-order chi connectivity index (χ1) is 8.56. The molecule has 0 spiro atoms. The van der Waals surface area contributed by atoms with Gasteiger partial charge in [-0.2, -0.15) is 5.26 Å². The van der Waals surface area contributed by atoms with Crippen LogP contribution < -0.4 is 5.73 Å². The van der Waals surface area contributed by atoms with Crippen LogP contribution >= 0.6 is 11.6 Å². The van der Waals surface area contributed by atoms with Crippen LogP contribution in [0.2, 0.25) is 5.02 Å². The van der Waals surface area contributed by atoms with E-state index in [4.69, 9.17) is 27.3 Å². The van der Waals surface area contributed by atoms with Crippen molar-refractivity contribution in [1.82, 2.24) is 0 Å². The predicted octanol–water partition coefficient (Wildman–Crippen LogP) is 2.77. The van der Waals surface area contributed by atoms with Gasteiger partial charge < -0.3 is 10.5 Å². The molecule has 1 fully saturated rings. The maximum atomic E-state index is 11.9. The summed E-state index contributed by atoms with van der Waals surface area (Å²) < 4.78 is 5.22. The minimum atomic E-state index is -0.487. The lowest BCUT2D eigenvalue weighted by atomic mass is 10.1. The van der Waals surface area contributed by atoms with E-state index < -0.39 is 5.97 Å². The number of hydrogen-bond acceptors (Lipinski definition) is 4. The van der Waals surface area contributed by atoms with E-state index in [1.54, 1.807) is 12.1 Å². The zero-order valence-electron chi connectivity index (χ0n) is 9.78. The van der Waals surface area contributed by atoms with Crippen LogP contribution in [-0.2, 0) is 4.74 Å². The third-order valence-electron chi connectivity index (χ3n) is 3.16. The number of benzene rings is 1. The molecule has 94 valence electrons. The highest BCUT2D eigenvalue weighted by atomic mass is 35.5. The Morgan fingerprint density at radius 2 is 2.28 bits per heavy atom. The highest BCUT2D eigenvalue weighted by Gasteiger charge is 2.43. The predicted molar refractivity (Wildman–Crippen MR) is 68.0 cm³/mol. The van der Waals surface area contributed by atoms with Crippen LogP contribution in [0.15, 0.2) is 18.2 Å². The molecule has 0 bridgehead atoms. The average molecular weight is 265 g/mol. The van der Waals surface area contributed by atoms with E-state index in [2.05, 4.69) is 6.07 Å². The zero-order chi connectivity index (χ0) is 13.2. The molecule has 0 aliphatic heterocycles. The largest absolute Gasteiger partial charge is 0.461 e. The summed E-state index contributed by atoms with van der Waals surface area (Å²) in [7, 11) is 0. The first-order valence-corrected chi connectivity index (χ1v) is 6.03. The van der Waals surface area contributed by atoms with Crippen LogP contribution in [0.4, 0.5) is 5.69 Å². The van der Waals surface area contributed by atoms with Crippen molar-refractivity contribution in [2.45, 2.75) is 19.3 Å². The second-order valence-electron chi connectivity index (χ2n) is 4.64. The molecule has 0 atom stereocenters. The Morgan fingerprint density at radius 3 is 2.89 bits per heavy atom. The van der Waals surface area contributed by atoms with E-state index in [1.165, 1.54) is 6.07 Å². The molecule has 2 rings (SSSR count). The lowest BCUT2D eigenvalue weighted by Crippen LogP contribution is -2.16. The number of nitriles is 1. The molecular formula is C13H13ClN2O2. The number of esters is 1. The van der Waals surface area contributed by atoms with Crippen molar-refractivity contribution >= 4 is 23.3 Å². The summed E-state index contributed by atoms with van der Waals surface area (Å²) in [6.07, 6.45) is 2.28. The van der Waals surface area contributed by atoms with E-state index >= 15 is 0 Å². The van der Waals surface area contributed by atoms with Crippen LogP contribution in [0.25, 0.3) is 0 Å². The Balaban J connectivity index is 2.00. The van der Waals surface area contributed by atoms with Crippen molar-refractivity contribution in [3.63, 3.8) is 0 Å². The summed E-state index contributed by atoms with van der Waals surface area (Å²) in [6, 6.07) is 6.79. The average Bonchev–Trinajstić information content (AvgIpc) is 3.10. The fourth-order valence-corrected chi connectivity index (χ4v) is 1.89. The van der Waals surface area contributed by atoms with Gasteiger partial charge in [0, 0.05) is 22.5 Å². The maximum absolute atomic E-state index is 11.9. The van der Waals surface area contributed by atoms with Crippen molar-refractivity contribution in [1.29, 1.82) is 5.26 Å². The highest BCUT2D eigenvalue weighted by Crippen LogP contribution is 2.48. The van der Waals surface area contributed by atoms with Gasteiger partial charge in [0.15, 0.2) is 0 Å². The lowest BCUT2D eigenvalue weighted by Gasteiger charge is -2.12. The molecule has 4 nitrogen and oxygen atoms in total. The van der Waals surface area contributed by atoms with Crippen molar-refractivity contribution in [3.8, 4) is 6.07 Å². The second-order valence-corrected chi connectivity index (χ2v) is 5.08. The van der Waals surface area contributed by atoms with Gasteiger partial charge in [-0.1, -0.05) is 11.6 Å². The number of carbonyl (C=O) groups is 1. The van der Waals surface area contributed by atoms with Crippen molar-refractivity contribution in [3.05, 3.63) is 28.8 Å². The van der Waals surface area contributed by atoms with Gasteiger partial charge >= 0.3 is 5.97 Å².